The van der Waals surface area contributed by atoms with Crippen LogP contribution in [0.4, 0.5) is 0 Å². The largest absolute Gasteiger partial charge is 0.383 e. The van der Waals surface area contributed by atoms with Crippen molar-refractivity contribution in [3.63, 3.8) is 0 Å². The quantitative estimate of drug-likeness (QED) is 0.810. The second-order valence-corrected chi connectivity index (χ2v) is 6.27. The molecule has 1 aliphatic heterocycles. The number of hydrogen-bond acceptors (Lipinski definition) is 5. The average molecular weight is 345 g/mol. The summed E-state index contributed by atoms with van der Waals surface area (Å²) in [6.45, 7) is 4.19. The summed E-state index contributed by atoms with van der Waals surface area (Å²) < 4.78 is 6.70. The predicted molar refractivity (Wildman–Crippen MR) is 92.2 cm³/mol. The summed E-state index contributed by atoms with van der Waals surface area (Å²) in [7, 11) is 3.41. The maximum Gasteiger partial charge on any atom is 0.255 e. The summed E-state index contributed by atoms with van der Waals surface area (Å²) in [5, 5.41) is 4.91. The van der Waals surface area contributed by atoms with Crippen molar-refractivity contribution in [1.82, 2.24) is 24.6 Å². The van der Waals surface area contributed by atoms with E-state index < -0.39 is 0 Å². The lowest BCUT2D eigenvalue weighted by Crippen LogP contribution is -2.40. The van der Waals surface area contributed by atoms with Gasteiger partial charge < -0.3 is 14.5 Å². The summed E-state index contributed by atoms with van der Waals surface area (Å²) >= 11 is 0. The highest BCUT2D eigenvalue weighted by Crippen LogP contribution is 2.20. The molecule has 2 amide bonds. The number of rotatable bonds is 4. The Bertz CT molecular complexity index is 801. The molecule has 1 aliphatic rings. The van der Waals surface area contributed by atoms with E-state index in [2.05, 4.69) is 10.1 Å². The van der Waals surface area contributed by atoms with Gasteiger partial charge in [0.15, 0.2) is 5.65 Å². The fourth-order valence-electron chi connectivity index (χ4n) is 3.12. The van der Waals surface area contributed by atoms with Crippen molar-refractivity contribution in [1.29, 1.82) is 0 Å². The number of ether oxygens (including phenoxy) is 1. The zero-order chi connectivity index (χ0) is 18.0. The molecule has 0 N–H and O–H groups in total. The highest BCUT2D eigenvalue weighted by atomic mass is 16.5. The van der Waals surface area contributed by atoms with Crippen molar-refractivity contribution < 1.29 is 14.3 Å². The molecule has 3 heterocycles. The third-order valence-corrected chi connectivity index (χ3v) is 4.45. The van der Waals surface area contributed by atoms with Gasteiger partial charge in [0.2, 0.25) is 5.91 Å². The van der Waals surface area contributed by atoms with Crippen LogP contribution < -0.4 is 0 Å². The SMILES string of the molecule is COCCN1CCCN(C(=O)c2cc(C)nc3c2cnn3C)CC1=O. The van der Waals surface area contributed by atoms with Crippen LogP contribution in [0.3, 0.4) is 0 Å². The molecule has 1 fully saturated rings. The van der Waals surface area contributed by atoms with Gasteiger partial charge in [-0.2, -0.15) is 5.10 Å². The molecule has 8 heteroatoms. The highest BCUT2D eigenvalue weighted by Gasteiger charge is 2.27. The molecule has 2 aromatic heterocycles. The first-order valence-corrected chi connectivity index (χ1v) is 8.36. The Morgan fingerprint density at radius 2 is 2.16 bits per heavy atom. The van der Waals surface area contributed by atoms with Gasteiger partial charge in [-0.15, -0.1) is 0 Å². The zero-order valence-electron chi connectivity index (χ0n) is 14.9. The van der Waals surface area contributed by atoms with Gasteiger partial charge in [0, 0.05) is 39.5 Å². The number of nitrogens with zero attached hydrogens (tertiary/aromatic N) is 5. The van der Waals surface area contributed by atoms with Crippen LogP contribution >= 0.6 is 0 Å². The van der Waals surface area contributed by atoms with Crippen LogP contribution in [-0.2, 0) is 16.6 Å². The molecule has 25 heavy (non-hydrogen) atoms. The summed E-state index contributed by atoms with van der Waals surface area (Å²) in [6.07, 6.45) is 2.40. The molecule has 0 aliphatic carbocycles. The lowest BCUT2D eigenvalue weighted by Gasteiger charge is -2.22. The van der Waals surface area contributed by atoms with E-state index in [1.165, 1.54) is 0 Å². The van der Waals surface area contributed by atoms with Crippen LogP contribution in [0.15, 0.2) is 12.3 Å². The van der Waals surface area contributed by atoms with Crippen LogP contribution in [0.25, 0.3) is 11.0 Å². The van der Waals surface area contributed by atoms with Crippen LogP contribution in [0.1, 0.15) is 22.5 Å². The van der Waals surface area contributed by atoms with E-state index in [1.807, 2.05) is 6.92 Å². The minimum atomic E-state index is -0.148. The first-order chi connectivity index (χ1) is 12.0. The normalized spacial score (nSPS) is 15.7. The molecular weight excluding hydrogens is 322 g/mol. The molecule has 0 radical (unpaired) electrons. The zero-order valence-corrected chi connectivity index (χ0v) is 14.9. The molecule has 0 unspecified atom stereocenters. The lowest BCUT2D eigenvalue weighted by molar-refractivity contribution is -0.131. The summed E-state index contributed by atoms with van der Waals surface area (Å²) in [5.74, 6) is -0.193. The van der Waals surface area contributed by atoms with Gasteiger partial charge in [0.25, 0.3) is 5.91 Å². The second-order valence-electron chi connectivity index (χ2n) is 6.27. The van der Waals surface area contributed by atoms with Crippen LogP contribution in [0.2, 0.25) is 0 Å². The fourth-order valence-corrected chi connectivity index (χ4v) is 3.12. The Balaban J connectivity index is 1.85. The number of pyridine rings is 1. The smallest absolute Gasteiger partial charge is 0.255 e. The minimum absolute atomic E-state index is 0.0453. The van der Waals surface area contributed by atoms with Crippen molar-refractivity contribution >= 4 is 22.8 Å². The van der Waals surface area contributed by atoms with Crippen LogP contribution in [-0.4, -0.2) is 76.3 Å². The average Bonchev–Trinajstić information content (AvgIpc) is 2.85. The number of carbonyl (C=O) groups excluding carboxylic acids is 2. The number of aromatic nitrogens is 3. The van der Waals surface area contributed by atoms with Crippen molar-refractivity contribution in [3.05, 3.63) is 23.5 Å². The van der Waals surface area contributed by atoms with Gasteiger partial charge in [-0.25, -0.2) is 4.98 Å². The third kappa shape index (κ3) is 3.48. The van der Waals surface area contributed by atoms with Gasteiger partial charge in [-0.05, 0) is 19.4 Å². The molecule has 0 aromatic carbocycles. The number of amides is 2. The van der Waals surface area contributed by atoms with E-state index in [0.29, 0.717) is 42.8 Å². The maximum atomic E-state index is 13.1. The number of aryl methyl sites for hydroxylation is 2. The molecule has 134 valence electrons. The molecule has 3 rings (SSSR count). The van der Waals surface area contributed by atoms with E-state index >= 15 is 0 Å². The molecule has 0 atom stereocenters. The molecular formula is C17H23N5O3. The minimum Gasteiger partial charge on any atom is -0.383 e. The summed E-state index contributed by atoms with van der Waals surface area (Å²) in [6, 6.07) is 1.77. The number of hydrogen-bond donors (Lipinski definition) is 0. The number of carbonyl (C=O) groups is 2. The van der Waals surface area contributed by atoms with Crippen molar-refractivity contribution in [2.75, 3.05) is 39.9 Å². The molecule has 2 aromatic rings. The molecule has 0 bridgehead atoms. The van der Waals surface area contributed by atoms with Gasteiger partial charge in [-0.1, -0.05) is 0 Å². The molecule has 8 nitrogen and oxygen atoms in total. The Morgan fingerprint density at radius 3 is 2.92 bits per heavy atom. The Hall–Kier alpha value is -2.48. The molecule has 1 saturated heterocycles. The molecule has 0 spiro atoms. The van der Waals surface area contributed by atoms with E-state index in [1.54, 1.807) is 40.9 Å². The number of methoxy groups -OCH3 is 1. The maximum absolute atomic E-state index is 13.1. The lowest BCUT2D eigenvalue weighted by atomic mass is 10.1. The van der Waals surface area contributed by atoms with Crippen molar-refractivity contribution in [2.45, 2.75) is 13.3 Å². The first-order valence-electron chi connectivity index (χ1n) is 8.36. The topological polar surface area (TPSA) is 80.6 Å². The predicted octanol–water partition coefficient (Wildman–Crippen LogP) is 0.598. The van der Waals surface area contributed by atoms with Gasteiger partial charge in [0.05, 0.1) is 23.8 Å². The Labute approximate surface area is 146 Å². The van der Waals surface area contributed by atoms with Gasteiger partial charge >= 0.3 is 0 Å². The Morgan fingerprint density at radius 1 is 1.36 bits per heavy atom. The monoisotopic (exact) mass is 345 g/mol. The van der Waals surface area contributed by atoms with E-state index in [-0.39, 0.29) is 18.4 Å². The van der Waals surface area contributed by atoms with Crippen LogP contribution in [0, 0.1) is 6.92 Å². The van der Waals surface area contributed by atoms with E-state index in [9.17, 15) is 9.59 Å². The fraction of sp³-hybridized carbons (Fsp3) is 0.529. The van der Waals surface area contributed by atoms with E-state index in [0.717, 1.165) is 12.1 Å². The molecule has 0 saturated carbocycles. The highest BCUT2D eigenvalue weighted by molar-refractivity contribution is 6.06. The van der Waals surface area contributed by atoms with Crippen LogP contribution in [0.5, 0.6) is 0 Å². The summed E-state index contributed by atoms with van der Waals surface area (Å²) in [5.41, 5.74) is 1.97. The summed E-state index contributed by atoms with van der Waals surface area (Å²) in [4.78, 5) is 33.3. The number of fused-ring (bicyclic) bond motifs is 1. The second kappa shape index (κ2) is 7.18. The van der Waals surface area contributed by atoms with Gasteiger partial charge in [-0.3, -0.25) is 14.3 Å². The third-order valence-electron chi connectivity index (χ3n) is 4.45. The Kier molecular flexibility index (Phi) is 4.98. The first kappa shape index (κ1) is 17.3. The van der Waals surface area contributed by atoms with E-state index in [4.69, 9.17) is 4.74 Å². The standard InChI is InChI=1S/C17H23N5O3/c1-12-9-13(14-10-18-20(2)16(14)19-12)17(24)22-6-4-5-21(7-8-25-3)15(23)11-22/h9-10H,4-8,11H2,1-3H3. The van der Waals surface area contributed by atoms with Crippen molar-refractivity contribution in [3.8, 4) is 0 Å². The van der Waals surface area contributed by atoms with Gasteiger partial charge in [0.1, 0.15) is 6.54 Å². The van der Waals surface area contributed by atoms with Crippen molar-refractivity contribution in [2.24, 2.45) is 7.05 Å².